The number of phenols is 1. The van der Waals surface area contributed by atoms with E-state index in [1.807, 2.05) is 12.1 Å². The number of phenolic OH excluding ortho intramolecular Hbond substituents is 1. The average molecular weight is 419 g/mol. The molecular formula is C17H25Br2NO. The van der Waals surface area contributed by atoms with Gasteiger partial charge in [-0.2, -0.15) is 0 Å². The van der Waals surface area contributed by atoms with E-state index >= 15 is 0 Å². The summed E-state index contributed by atoms with van der Waals surface area (Å²) < 4.78 is 1.73. The molecule has 0 saturated heterocycles. The fourth-order valence-corrected chi connectivity index (χ4v) is 4.75. The maximum Gasteiger partial charge on any atom is 0.134 e. The first-order valence-corrected chi connectivity index (χ1v) is 9.37. The Balaban J connectivity index is 2.07. The lowest BCUT2D eigenvalue weighted by atomic mass is 9.74. The highest BCUT2D eigenvalue weighted by atomic mass is 79.9. The molecule has 0 spiro atoms. The summed E-state index contributed by atoms with van der Waals surface area (Å²) >= 11 is 6.89. The van der Waals surface area contributed by atoms with E-state index < -0.39 is 0 Å². The normalized spacial score (nSPS) is 26.3. The fourth-order valence-electron chi connectivity index (χ4n) is 3.43. The third-order valence-corrected chi connectivity index (χ3v) is 5.75. The third-order valence-electron chi connectivity index (χ3n) is 4.68. The van der Waals surface area contributed by atoms with Gasteiger partial charge < -0.3 is 10.4 Å². The molecule has 4 heteroatoms. The van der Waals surface area contributed by atoms with Crippen LogP contribution in [0.5, 0.6) is 5.75 Å². The van der Waals surface area contributed by atoms with Crippen molar-refractivity contribution >= 4 is 31.9 Å². The van der Waals surface area contributed by atoms with Crippen LogP contribution in [0.25, 0.3) is 0 Å². The molecule has 1 aliphatic rings. The van der Waals surface area contributed by atoms with Crippen molar-refractivity contribution in [3.8, 4) is 5.75 Å². The topological polar surface area (TPSA) is 32.3 Å². The summed E-state index contributed by atoms with van der Waals surface area (Å²) in [6.45, 7) is 7.70. The Bertz CT molecular complexity index is 490. The third kappa shape index (κ3) is 4.46. The molecule has 0 bridgehead atoms. The molecule has 3 atom stereocenters. The van der Waals surface area contributed by atoms with Crippen LogP contribution < -0.4 is 5.32 Å². The summed E-state index contributed by atoms with van der Waals surface area (Å²) in [5.74, 6) is 2.58. The van der Waals surface area contributed by atoms with Crippen LogP contribution in [0.15, 0.2) is 21.1 Å². The summed E-state index contributed by atoms with van der Waals surface area (Å²) in [7, 11) is 0. The van der Waals surface area contributed by atoms with Gasteiger partial charge in [0.1, 0.15) is 5.75 Å². The Morgan fingerprint density at radius 1 is 1.29 bits per heavy atom. The maximum absolute atomic E-state index is 10.2. The molecule has 0 radical (unpaired) electrons. The zero-order valence-corrected chi connectivity index (χ0v) is 16.2. The predicted octanol–water partition coefficient (Wildman–Crippen LogP) is 5.47. The lowest BCUT2D eigenvalue weighted by Gasteiger charge is -2.38. The van der Waals surface area contributed by atoms with Gasteiger partial charge >= 0.3 is 0 Å². The number of benzene rings is 1. The number of hydrogen-bond acceptors (Lipinski definition) is 2. The van der Waals surface area contributed by atoms with Gasteiger partial charge in [0.15, 0.2) is 0 Å². The molecule has 0 aromatic heterocycles. The first-order chi connectivity index (χ1) is 9.88. The second-order valence-electron chi connectivity index (χ2n) is 6.71. The molecule has 1 fully saturated rings. The highest BCUT2D eigenvalue weighted by Gasteiger charge is 2.30. The number of nitrogens with one attached hydrogen (secondary N) is 1. The highest BCUT2D eigenvalue weighted by Crippen LogP contribution is 2.35. The monoisotopic (exact) mass is 417 g/mol. The molecule has 2 rings (SSSR count). The van der Waals surface area contributed by atoms with E-state index in [4.69, 9.17) is 0 Å². The van der Waals surface area contributed by atoms with E-state index in [1.165, 1.54) is 19.3 Å². The van der Waals surface area contributed by atoms with Crippen molar-refractivity contribution < 1.29 is 5.11 Å². The van der Waals surface area contributed by atoms with E-state index in [9.17, 15) is 5.11 Å². The van der Waals surface area contributed by atoms with Gasteiger partial charge in [0.05, 0.1) is 4.47 Å². The molecule has 1 aromatic carbocycles. The van der Waals surface area contributed by atoms with Gasteiger partial charge in [0.25, 0.3) is 0 Å². The summed E-state index contributed by atoms with van der Waals surface area (Å²) in [4.78, 5) is 0. The molecular weight excluding hydrogens is 394 g/mol. The van der Waals surface area contributed by atoms with Crippen LogP contribution in [0.2, 0.25) is 0 Å². The van der Waals surface area contributed by atoms with Gasteiger partial charge in [-0.1, -0.05) is 43.1 Å². The van der Waals surface area contributed by atoms with Crippen LogP contribution in [0, 0.1) is 17.8 Å². The first kappa shape index (κ1) is 17.3. The molecule has 0 aliphatic heterocycles. The molecule has 0 amide bonds. The first-order valence-electron chi connectivity index (χ1n) is 7.78. The second-order valence-corrected chi connectivity index (χ2v) is 8.48. The summed E-state index contributed by atoms with van der Waals surface area (Å²) in [5, 5.41) is 13.9. The number of rotatable bonds is 4. The number of aromatic hydroxyl groups is 1. The smallest absolute Gasteiger partial charge is 0.134 e. The molecule has 3 unspecified atom stereocenters. The van der Waals surface area contributed by atoms with Gasteiger partial charge in [-0.05, 0) is 58.7 Å². The van der Waals surface area contributed by atoms with E-state index in [-0.39, 0.29) is 0 Å². The van der Waals surface area contributed by atoms with Crippen LogP contribution in [0.3, 0.4) is 0 Å². The Morgan fingerprint density at radius 3 is 2.67 bits per heavy atom. The van der Waals surface area contributed by atoms with Crippen molar-refractivity contribution in [1.29, 1.82) is 0 Å². The summed E-state index contributed by atoms with van der Waals surface area (Å²) in [6, 6.07) is 4.41. The van der Waals surface area contributed by atoms with Crippen molar-refractivity contribution in [2.45, 2.75) is 52.6 Å². The molecule has 2 nitrogen and oxygen atoms in total. The Hall–Kier alpha value is -0.0600. The van der Waals surface area contributed by atoms with Crippen molar-refractivity contribution in [3.05, 3.63) is 26.6 Å². The van der Waals surface area contributed by atoms with Gasteiger partial charge in [-0.3, -0.25) is 0 Å². The van der Waals surface area contributed by atoms with Gasteiger partial charge in [-0.15, -0.1) is 0 Å². The molecule has 0 heterocycles. The quantitative estimate of drug-likeness (QED) is 0.679. The van der Waals surface area contributed by atoms with Crippen molar-refractivity contribution in [1.82, 2.24) is 5.32 Å². The standard InChI is InChI=1S/C17H25Br2NO/c1-10(2)14-5-4-11(3)6-16(14)20-9-12-7-13(18)8-15(19)17(12)21/h7-8,10-11,14,16,20-21H,4-6,9H2,1-3H3. The lowest BCUT2D eigenvalue weighted by Crippen LogP contribution is -2.42. The van der Waals surface area contributed by atoms with Crippen LogP contribution in [-0.2, 0) is 6.54 Å². The van der Waals surface area contributed by atoms with Gasteiger partial charge in [-0.25, -0.2) is 0 Å². The molecule has 118 valence electrons. The van der Waals surface area contributed by atoms with Crippen molar-refractivity contribution in [2.24, 2.45) is 17.8 Å². The van der Waals surface area contributed by atoms with Crippen molar-refractivity contribution in [2.75, 3.05) is 0 Å². The zero-order valence-electron chi connectivity index (χ0n) is 13.0. The van der Waals surface area contributed by atoms with Crippen LogP contribution in [0.4, 0.5) is 0 Å². The van der Waals surface area contributed by atoms with Gasteiger partial charge in [0, 0.05) is 22.6 Å². The molecule has 1 aliphatic carbocycles. The van der Waals surface area contributed by atoms with E-state index in [1.54, 1.807) is 0 Å². The Morgan fingerprint density at radius 2 is 2.00 bits per heavy atom. The Labute approximate surface area is 145 Å². The minimum atomic E-state index is 0.343. The Kier molecular flexibility index (Phi) is 6.15. The SMILES string of the molecule is CC1CCC(C(C)C)C(NCc2cc(Br)cc(Br)c2O)C1. The van der Waals surface area contributed by atoms with E-state index in [0.29, 0.717) is 24.3 Å². The summed E-state index contributed by atoms with van der Waals surface area (Å²) in [5.41, 5.74) is 0.942. The summed E-state index contributed by atoms with van der Waals surface area (Å²) in [6.07, 6.45) is 3.89. The molecule has 1 aromatic rings. The van der Waals surface area contributed by atoms with Crippen LogP contribution in [0.1, 0.15) is 45.6 Å². The molecule has 2 N–H and O–H groups in total. The highest BCUT2D eigenvalue weighted by molar-refractivity contribution is 9.11. The zero-order chi connectivity index (χ0) is 15.6. The van der Waals surface area contributed by atoms with Crippen LogP contribution >= 0.6 is 31.9 Å². The maximum atomic E-state index is 10.2. The fraction of sp³-hybridized carbons (Fsp3) is 0.647. The molecule has 1 saturated carbocycles. The minimum Gasteiger partial charge on any atom is -0.506 e. The van der Waals surface area contributed by atoms with Crippen LogP contribution in [-0.4, -0.2) is 11.1 Å². The minimum absolute atomic E-state index is 0.343. The largest absolute Gasteiger partial charge is 0.506 e. The molecule has 21 heavy (non-hydrogen) atoms. The van der Waals surface area contributed by atoms with E-state index in [2.05, 4.69) is 57.9 Å². The second kappa shape index (κ2) is 7.47. The average Bonchev–Trinajstić information content (AvgIpc) is 2.40. The van der Waals surface area contributed by atoms with E-state index in [0.717, 1.165) is 26.3 Å². The lowest BCUT2D eigenvalue weighted by molar-refractivity contribution is 0.169. The van der Waals surface area contributed by atoms with Crippen molar-refractivity contribution in [3.63, 3.8) is 0 Å². The predicted molar refractivity (Wildman–Crippen MR) is 95.5 cm³/mol. The number of halogens is 2. The van der Waals surface area contributed by atoms with Gasteiger partial charge in [0.2, 0.25) is 0 Å². The number of hydrogen-bond donors (Lipinski definition) is 2.